The molecule has 98 valence electrons. The van der Waals surface area contributed by atoms with E-state index in [1.54, 1.807) is 0 Å². The summed E-state index contributed by atoms with van der Waals surface area (Å²) in [4.78, 5) is 2.64. The fourth-order valence-electron chi connectivity index (χ4n) is 3.92. The van der Waals surface area contributed by atoms with Gasteiger partial charge in [-0.25, -0.2) is 0 Å². The summed E-state index contributed by atoms with van der Waals surface area (Å²) in [6.07, 6.45) is 5.57. The molecule has 0 spiro atoms. The summed E-state index contributed by atoms with van der Waals surface area (Å²) in [5, 5.41) is 11.0. The third kappa shape index (κ3) is 1.98. The molecule has 2 atom stereocenters. The molecule has 1 aromatic carbocycles. The first-order valence-electron chi connectivity index (χ1n) is 7.26. The highest BCUT2D eigenvalue weighted by molar-refractivity contribution is 5.24. The zero-order chi connectivity index (χ0) is 12.6. The van der Waals surface area contributed by atoms with Crippen LogP contribution in [-0.4, -0.2) is 28.6 Å². The van der Waals surface area contributed by atoms with Gasteiger partial charge in [-0.05, 0) is 44.2 Å². The first-order chi connectivity index (χ1) is 8.73. The van der Waals surface area contributed by atoms with E-state index < -0.39 is 5.60 Å². The van der Waals surface area contributed by atoms with E-state index in [9.17, 15) is 5.11 Å². The lowest BCUT2D eigenvalue weighted by Crippen LogP contribution is -2.49. The van der Waals surface area contributed by atoms with E-state index in [1.807, 2.05) is 18.2 Å². The second-order valence-corrected chi connectivity index (χ2v) is 5.93. The number of hydrogen-bond acceptors (Lipinski definition) is 2. The Morgan fingerprint density at radius 3 is 2.33 bits per heavy atom. The van der Waals surface area contributed by atoms with Gasteiger partial charge in [0.2, 0.25) is 0 Å². The van der Waals surface area contributed by atoms with E-state index in [4.69, 9.17) is 0 Å². The molecule has 1 N–H and O–H groups in total. The summed E-state index contributed by atoms with van der Waals surface area (Å²) < 4.78 is 0. The standard InChI is InChI=1S/C16H23NO/c1-2-10-17-14-8-9-15(17)12-16(18,11-14)13-6-4-3-5-7-13/h3-7,14-15,18H,2,8-12H2,1H3. The predicted octanol–water partition coefficient (Wildman–Crippen LogP) is 2.91. The zero-order valence-corrected chi connectivity index (χ0v) is 11.2. The fourth-order valence-corrected chi connectivity index (χ4v) is 3.92. The van der Waals surface area contributed by atoms with Gasteiger partial charge in [-0.3, -0.25) is 4.90 Å². The molecule has 18 heavy (non-hydrogen) atoms. The average molecular weight is 245 g/mol. The molecular formula is C16H23NO. The Kier molecular flexibility index (Phi) is 3.16. The van der Waals surface area contributed by atoms with E-state index in [1.165, 1.54) is 25.8 Å². The van der Waals surface area contributed by atoms with E-state index >= 15 is 0 Å². The molecule has 2 heterocycles. The molecule has 0 aliphatic carbocycles. The van der Waals surface area contributed by atoms with Crippen molar-refractivity contribution in [1.29, 1.82) is 0 Å². The molecule has 2 bridgehead atoms. The maximum absolute atomic E-state index is 11.0. The van der Waals surface area contributed by atoms with Crippen LogP contribution in [0.2, 0.25) is 0 Å². The van der Waals surface area contributed by atoms with Crippen LogP contribution < -0.4 is 0 Å². The number of benzene rings is 1. The average Bonchev–Trinajstić information content (AvgIpc) is 2.64. The minimum absolute atomic E-state index is 0.586. The van der Waals surface area contributed by atoms with Crippen molar-refractivity contribution in [2.75, 3.05) is 6.54 Å². The molecule has 3 rings (SSSR count). The van der Waals surface area contributed by atoms with Gasteiger partial charge in [-0.15, -0.1) is 0 Å². The van der Waals surface area contributed by atoms with Crippen molar-refractivity contribution >= 4 is 0 Å². The van der Waals surface area contributed by atoms with Crippen molar-refractivity contribution in [2.24, 2.45) is 0 Å². The normalized spacial score (nSPS) is 35.9. The summed E-state index contributed by atoms with van der Waals surface area (Å²) in [5.41, 5.74) is 0.523. The first kappa shape index (κ1) is 12.2. The summed E-state index contributed by atoms with van der Waals surface area (Å²) in [7, 11) is 0. The van der Waals surface area contributed by atoms with Crippen molar-refractivity contribution < 1.29 is 5.11 Å². The van der Waals surface area contributed by atoms with Crippen molar-refractivity contribution in [3.8, 4) is 0 Å². The summed E-state index contributed by atoms with van der Waals surface area (Å²) >= 11 is 0. The smallest absolute Gasteiger partial charge is 0.0926 e. The van der Waals surface area contributed by atoms with E-state index in [-0.39, 0.29) is 0 Å². The van der Waals surface area contributed by atoms with Gasteiger partial charge < -0.3 is 5.11 Å². The van der Waals surface area contributed by atoms with Crippen LogP contribution in [0.5, 0.6) is 0 Å². The largest absolute Gasteiger partial charge is 0.385 e. The van der Waals surface area contributed by atoms with Gasteiger partial charge in [-0.1, -0.05) is 37.3 Å². The highest BCUT2D eigenvalue weighted by Gasteiger charge is 2.47. The van der Waals surface area contributed by atoms with Crippen molar-refractivity contribution in [1.82, 2.24) is 4.90 Å². The number of rotatable bonds is 3. The van der Waals surface area contributed by atoms with Crippen LogP contribution in [0, 0.1) is 0 Å². The maximum Gasteiger partial charge on any atom is 0.0926 e. The topological polar surface area (TPSA) is 23.5 Å². The van der Waals surface area contributed by atoms with Gasteiger partial charge in [-0.2, -0.15) is 0 Å². The van der Waals surface area contributed by atoms with Crippen LogP contribution >= 0.6 is 0 Å². The van der Waals surface area contributed by atoms with Gasteiger partial charge in [0, 0.05) is 12.1 Å². The number of fused-ring (bicyclic) bond motifs is 2. The van der Waals surface area contributed by atoms with E-state index in [0.29, 0.717) is 12.1 Å². The van der Waals surface area contributed by atoms with Crippen LogP contribution in [-0.2, 0) is 5.60 Å². The van der Waals surface area contributed by atoms with Crippen LogP contribution in [0.1, 0.15) is 44.6 Å². The summed E-state index contributed by atoms with van der Waals surface area (Å²) in [5.74, 6) is 0. The van der Waals surface area contributed by atoms with Crippen molar-refractivity contribution in [3.63, 3.8) is 0 Å². The lowest BCUT2D eigenvalue weighted by molar-refractivity contribution is -0.0567. The van der Waals surface area contributed by atoms with Crippen LogP contribution in [0.4, 0.5) is 0 Å². The fraction of sp³-hybridized carbons (Fsp3) is 0.625. The number of nitrogens with zero attached hydrogens (tertiary/aromatic N) is 1. The SMILES string of the molecule is CCCN1C2CCC1CC(O)(c1ccccc1)C2. The third-order valence-corrected chi connectivity index (χ3v) is 4.71. The highest BCUT2D eigenvalue weighted by atomic mass is 16.3. The molecule has 2 heteroatoms. The molecule has 0 saturated carbocycles. The van der Waals surface area contributed by atoms with Crippen molar-refractivity contribution in [3.05, 3.63) is 35.9 Å². The van der Waals surface area contributed by atoms with Crippen LogP contribution in [0.25, 0.3) is 0 Å². The quantitative estimate of drug-likeness (QED) is 0.885. The molecule has 2 aliphatic rings. The second-order valence-electron chi connectivity index (χ2n) is 5.93. The number of piperidine rings is 1. The molecule has 0 radical (unpaired) electrons. The molecule has 2 fully saturated rings. The van der Waals surface area contributed by atoms with Crippen LogP contribution in [0.3, 0.4) is 0 Å². The minimum Gasteiger partial charge on any atom is -0.385 e. The predicted molar refractivity (Wildman–Crippen MR) is 73.4 cm³/mol. The summed E-state index contributed by atoms with van der Waals surface area (Å²) in [6.45, 7) is 3.44. The number of aliphatic hydroxyl groups is 1. The molecule has 2 nitrogen and oxygen atoms in total. The Bertz CT molecular complexity index is 389. The molecule has 1 aromatic rings. The Hall–Kier alpha value is -0.860. The van der Waals surface area contributed by atoms with Gasteiger partial charge in [0.1, 0.15) is 0 Å². The van der Waals surface area contributed by atoms with Gasteiger partial charge >= 0.3 is 0 Å². The minimum atomic E-state index is -0.586. The Morgan fingerprint density at radius 2 is 1.78 bits per heavy atom. The number of hydrogen-bond donors (Lipinski definition) is 1. The maximum atomic E-state index is 11.0. The van der Waals surface area contributed by atoms with Crippen LogP contribution in [0.15, 0.2) is 30.3 Å². The van der Waals surface area contributed by atoms with Crippen molar-refractivity contribution in [2.45, 2.75) is 56.7 Å². The molecule has 2 saturated heterocycles. The Labute approximate surface area is 110 Å². The van der Waals surface area contributed by atoms with E-state index in [2.05, 4.69) is 24.0 Å². The van der Waals surface area contributed by atoms with Gasteiger partial charge in [0.25, 0.3) is 0 Å². The third-order valence-electron chi connectivity index (χ3n) is 4.71. The monoisotopic (exact) mass is 245 g/mol. The summed E-state index contributed by atoms with van der Waals surface area (Å²) in [6, 6.07) is 11.4. The Morgan fingerprint density at radius 1 is 1.17 bits per heavy atom. The molecule has 0 aromatic heterocycles. The lowest BCUT2D eigenvalue weighted by atomic mass is 9.80. The Balaban J connectivity index is 1.83. The lowest BCUT2D eigenvalue weighted by Gasteiger charge is -2.44. The zero-order valence-electron chi connectivity index (χ0n) is 11.2. The van der Waals surface area contributed by atoms with Gasteiger partial charge in [0.05, 0.1) is 5.60 Å². The van der Waals surface area contributed by atoms with E-state index in [0.717, 1.165) is 18.4 Å². The molecule has 2 aliphatic heterocycles. The molecular weight excluding hydrogens is 222 g/mol. The highest BCUT2D eigenvalue weighted by Crippen LogP contribution is 2.45. The molecule has 2 unspecified atom stereocenters. The second kappa shape index (κ2) is 4.67. The first-order valence-corrected chi connectivity index (χ1v) is 7.26. The molecule has 0 amide bonds. The van der Waals surface area contributed by atoms with Gasteiger partial charge in [0.15, 0.2) is 0 Å².